The van der Waals surface area contributed by atoms with Crippen molar-refractivity contribution in [3.05, 3.63) is 24.3 Å². The Balaban J connectivity index is 2.05. The third kappa shape index (κ3) is 4.55. The van der Waals surface area contributed by atoms with Crippen LogP contribution < -0.4 is 10.6 Å². The van der Waals surface area contributed by atoms with E-state index in [1.165, 1.54) is 0 Å². The van der Waals surface area contributed by atoms with Crippen molar-refractivity contribution in [2.45, 2.75) is 39.0 Å². The van der Waals surface area contributed by atoms with Crippen LogP contribution in [0.4, 0.5) is 11.4 Å². The molecule has 2 amide bonds. The first-order valence-electron chi connectivity index (χ1n) is 7.95. The number of nitrogens with one attached hydrogen (secondary N) is 2. The molecule has 0 bridgehead atoms. The number of hydrogen-bond donors (Lipinski definition) is 3. The molecule has 0 radical (unpaired) electrons. The monoisotopic (exact) mass is 318 g/mol. The highest BCUT2D eigenvalue weighted by atomic mass is 16.4. The van der Waals surface area contributed by atoms with Crippen molar-refractivity contribution in [1.29, 1.82) is 0 Å². The van der Waals surface area contributed by atoms with Crippen LogP contribution in [0.5, 0.6) is 0 Å². The Kier molecular flexibility index (Phi) is 5.73. The van der Waals surface area contributed by atoms with Gasteiger partial charge in [0.15, 0.2) is 0 Å². The van der Waals surface area contributed by atoms with E-state index in [0.717, 1.165) is 12.8 Å². The highest BCUT2D eigenvalue weighted by molar-refractivity contribution is 5.96. The van der Waals surface area contributed by atoms with Gasteiger partial charge < -0.3 is 15.7 Å². The molecule has 0 unspecified atom stereocenters. The molecule has 1 aliphatic carbocycles. The molecule has 0 spiro atoms. The molecule has 1 aromatic carbocycles. The van der Waals surface area contributed by atoms with Gasteiger partial charge in [-0.05, 0) is 31.0 Å². The summed E-state index contributed by atoms with van der Waals surface area (Å²) in [4.78, 5) is 35.1. The normalized spacial score (nSPS) is 20.6. The van der Waals surface area contributed by atoms with Crippen LogP contribution in [0.2, 0.25) is 0 Å². The van der Waals surface area contributed by atoms with E-state index >= 15 is 0 Å². The predicted octanol–water partition coefficient (Wildman–Crippen LogP) is 2.86. The topological polar surface area (TPSA) is 95.5 Å². The summed E-state index contributed by atoms with van der Waals surface area (Å²) >= 11 is 0. The highest BCUT2D eigenvalue weighted by Gasteiger charge is 2.35. The number of anilines is 2. The van der Waals surface area contributed by atoms with E-state index in [1.54, 1.807) is 31.2 Å². The SMILES string of the molecule is CCC(=O)Nc1cccc(NC(=O)[C@H]2CCCC[C@@H]2C(=O)O)c1. The molecule has 1 saturated carbocycles. The van der Waals surface area contributed by atoms with E-state index in [4.69, 9.17) is 0 Å². The van der Waals surface area contributed by atoms with E-state index in [1.807, 2.05) is 0 Å². The van der Waals surface area contributed by atoms with Gasteiger partial charge in [-0.2, -0.15) is 0 Å². The zero-order valence-corrected chi connectivity index (χ0v) is 13.2. The first kappa shape index (κ1) is 17.0. The summed E-state index contributed by atoms with van der Waals surface area (Å²) in [5, 5.41) is 14.8. The van der Waals surface area contributed by atoms with Gasteiger partial charge in [-0.25, -0.2) is 0 Å². The van der Waals surface area contributed by atoms with Gasteiger partial charge in [-0.1, -0.05) is 25.8 Å². The quantitative estimate of drug-likeness (QED) is 0.778. The fourth-order valence-corrected chi connectivity index (χ4v) is 2.90. The number of hydrogen-bond acceptors (Lipinski definition) is 3. The molecular formula is C17H22N2O4. The van der Waals surface area contributed by atoms with E-state index < -0.39 is 17.8 Å². The third-order valence-corrected chi connectivity index (χ3v) is 4.15. The molecule has 6 heteroatoms. The molecule has 0 aromatic heterocycles. The van der Waals surface area contributed by atoms with Gasteiger partial charge in [0, 0.05) is 17.8 Å². The maximum atomic E-state index is 12.4. The van der Waals surface area contributed by atoms with Gasteiger partial charge in [-0.15, -0.1) is 0 Å². The van der Waals surface area contributed by atoms with Crippen molar-refractivity contribution in [2.75, 3.05) is 10.6 Å². The molecule has 0 heterocycles. The Hall–Kier alpha value is -2.37. The molecule has 3 N–H and O–H groups in total. The maximum Gasteiger partial charge on any atom is 0.307 e. The van der Waals surface area contributed by atoms with Crippen LogP contribution in [0.3, 0.4) is 0 Å². The van der Waals surface area contributed by atoms with Crippen LogP contribution >= 0.6 is 0 Å². The summed E-state index contributed by atoms with van der Waals surface area (Å²) in [5.74, 6) is -2.40. The fraction of sp³-hybridized carbons (Fsp3) is 0.471. The lowest BCUT2D eigenvalue weighted by Gasteiger charge is -2.27. The number of benzene rings is 1. The van der Waals surface area contributed by atoms with Gasteiger partial charge >= 0.3 is 5.97 Å². The lowest BCUT2D eigenvalue weighted by molar-refractivity contribution is -0.147. The van der Waals surface area contributed by atoms with Crippen molar-refractivity contribution >= 4 is 29.2 Å². The van der Waals surface area contributed by atoms with Crippen molar-refractivity contribution in [3.63, 3.8) is 0 Å². The van der Waals surface area contributed by atoms with Crippen LogP contribution in [0.1, 0.15) is 39.0 Å². The van der Waals surface area contributed by atoms with Crippen molar-refractivity contribution in [3.8, 4) is 0 Å². The number of carbonyl (C=O) groups is 3. The second kappa shape index (κ2) is 7.76. The Labute approximate surface area is 135 Å². The summed E-state index contributed by atoms with van der Waals surface area (Å²) in [6, 6.07) is 6.86. The van der Waals surface area contributed by atoms with E-state index in [0.29, 0.717) is 30.6 Å². The van der Waals surface area contributed by atoms with Gasteiger partial charge in [-0.3, -0.25) is 14.4 Å². The average molecular weight is 318 g/mol. The second-order valence-corrected chi connectivity index (χ2v) is 5.81. The minimum absolute atomic E-state index is 0.105. The zero-order valence-electron chi connectivity index (χ0n) is 13.2. The Bertz CT molecular complexity index is 600. The van der Waals surface area contributed by atoms with E-state index in [2.05, 4.69) is 10.6 Å². The lowest BCUT2D eigenvalue weighted by Crippen LogP contribution is -2.36. The molecule has 23 heavy (non-hydrogen) atoms. The molecule has 1 aliphatic rings. The lowest BCUT2D eigenvalue weighted by atomic mass is 9.78. The fourth-order valence-electron chi connectivity index (χ4n) is 2.90. The molecule has 0 aliphatic heterocycles. The zero-order chi connectivity index (χ0) is 16.8. The van der Waals surface area contributed by atoms with Gasteiger partial charge in [0.1, 0.15) is 0 Å². The van der Waals surface area contributed by atoms with Crippen LogP contribution in [-0.4, -0.2) is 22.9 Å². The average Bonchev–Trinajstić information content (AvgIpc) is 2.55. The van der Waals surface area contributed by atoms with Crippen molar-refractivity contribution in [2.24, 2.45) is 11.8 Å². The smallest absolute Gasteiger partial charge is 0.307 e. The van der Waals surface area contributed by atoms with Crippen LogP contribution in [0, 0.1) is 11.8 Å². The maximum absolute atomic E-state index is 12.4. The summed E-state index contributed by atoms with van der Waals surface area (Å²) < 4.78 is 0. The van der Waals surface area contributed by atoms with Crippen molar-refractivity contribution in [1.82, 2.24) is 0 Å². The molecule has 1 aromatic rings. The molecule has 2 rings (SSSR count). The first-order chi connectivity index (χ1) is 11.0. The van der Waals surface area contributed by atoms with E-state index in [-0.39, 0.29) is 11.8 Å². The van der Waals surface area contributed by atoms with Crippen molar-refractivity contribution < 1.29 is 19.5 Å². The molecule has 0 saturated heterocycles. The summed E-state index contributed by atoms with van der Waals surface area (Å²) in [6.45, 7) is 1.76. The standard InChI is InChI=1S/C17H22N2O4/c1-2-15(20)18-11-6-5-7-12(10-11)19-16(21)13-8-3-4-9-14(13)17(22)23/h5-7,10,13-14H,2-4,8-9H2,1H3,(H,18,20)(H,19,21)(H,22,23)/t13-,14-/m0/s1. The molecule has 2 atom stereocenters. The molecular weight excluding hydrogens is 296 g/mol. The minimum atomic E-state index is -0.909. The Morgan fingerprint density at radius 1 is 1.09 bits per heavy atom. The van der Waals surface area contributed by atoms with Gasteiger partial charge in [0.05, 0.1) is 11.8 Å². The van der Waals surface area contributed by atoms with Crippen LogP contribution in [0.25, 0.3) is 0 Å². The Morgan fingerprint density at radius 3 is 2.30 bits per heavy atom. The minimum Gasteiger partial charge on any atom is -0.481 e. The molecule has 1 fully saturated rings. The van der Waals surface area contributed by atoms with Gasteiger partial charge in [0.2, 0.25) is 11.8 Å². The van der Waals surface area contributed by atoms with Crippen LogP contribution in [-0.2, 0) is 14.4 Å². The third-order valence-electron chi connectivity index (χ3n) is 4.15. The molecule has 124 valence electrons. The van der Waals surface area contributed by atoms with Gasteiger partial charge in [0.25, 0.3) is 0 Å². The number of carboxylic acid groups (broad SMARTS) is 1. The number of amides is 2. The van der Waals surface area contributed by atoms with Crippen LogP contribution in [0.15, 0.2) is 24.3 Å². The number of aliphatic carboxylic acids is 1. The Morgan fingerprint density at radius 2 is 1.70 bits per heavy atom. The predicted molar refractivity (Wildman–Crippen MR) is 87.1 cm³/mol. The number of carbonyl (C=O) groups excluding carboxylic acids is 2. The number of carboxylic acids is 1. The number of rotatable bonds is 5. The first-order valence-corrected chi connectivity index (χ1v) is 7.95. The summed E-state index contributed by atoms with van der Waals surface area (Å²) in [7, 11) is 0. The highest BCUT2D eigenvalue weighted by Crippen LogP contribution is 2.31. The summed E-state index contributed by atoms with van der Waals surface area (Å²) in [5.41, 5.74) is 1.16. The van der Waals surface area contributed by atoms with E-state index in [9.17, 15) is 19.5 Å². The second-order valence-electron chi connectivity index (χ2n) is 5.81. The molecule has 6 nitrogen and oxygen atoms in total. The summed E-state index contributed by atoms with van der Waals surface area (Å²) in [6.07, 6.45) is 3.22. The largest absolute Gasteiger partial charge is 0.481 e.